The lowest BCUT2D eigenvalue weighted by Crippen LogP contribution is -2.36. The smallest absolute Gasteiger partial charge is 0.453 e. The molecule has 0 aliphatic carbocycles. The molecule has 2 N–H and O–H groups in total. The fraction of sp³-hybridized carbons (Fsp3) is 0.476. The third kappa shape index (κ3) is 8.27. The number of carboxylic acid groups (broad SMARTS) is 1. The summed E-state index contributed by atoms with van der Waals surface area (Å²) in [5.74, 6) is -6.45. The Morgan fingerprint density at radius 2 is 1.65 bits per heavy atom. The van der Waals surface area contributed by atoms with Crippen LogP contribution < -0.4 is 4.72 Å². The van der Waals surface area contributed by atoms with E-state index in [1.54, 1.807) is 12.1 Å². The number of hydrogen-bond acceptors (Lipinski definition) is 4. The van der Waals surface area contributed by atoms with Gasteiger partial charge in [-0.2, -0.15) is 22.0 Å². The second-order valence-electron chi connectivity index (χ2n) is 7.63. The van der Waals surface area contributed by atoms with Gasteiger partial charge in [-0.05, 0) is 62.1 Å². The number of benzene rings is 1. The molecule has 0 saturated heterocycles. The van der Waals surface area contributed by atoms with Gasteiger partial charge >= 0.3 is 18.1 Å². The standard InChI is InChI=1S/C21H23F6NO4S2/c22-14-7-10-16(11-8-14)34(31,32)28-17(5-1-2-13-20(23,24)21(25,26)27)18-12-9-15(33-18)4-3-6-19(29)30/h7-12,17,28H,1-6,13H2,(H,29,30). The minimum Gasteiger partial charge on any atom is -0.481 e. The number of unbranched alkanes of at least 4 members (excludes halogenated alkanes) is 1. The van der Waals surface area contributed by atoms with E-state index in [0.717, 1.165) is 29.1 Å². The highest BCUT2D eigenvalue weighted by molar-refractivity contribution is 7.89. The van der Waals surface area contributed by atoms with Crippen LogP contribution in [0, 0.1) is 5.82 Å². The van der Waals surface area contributed by atoms with Crippen LogP contribution in [-0.2, 0) is 21.2 Å². The van der Waals surface area contributed by atoms with E-state index in [0.29, 0.717) is 17.7 Å². The Balaban J connectivity index is 2.14. The third-order valence-electron chi connectivity index (χ3n) is 4.91. The van der Waals surface area contributed by atoms with Crippen LogP contribution in [-0.4, -0.2) is 31.6 Å². The molecule has 2 aromatic rings. The van der Waals surface area contributed by atoms with E-state index in [2.05, 4.69) is 4.72 Å². The molecule has 0 spiro atoms. The summed E-state index contributed by atoms with van der Waals surface area (Å²) in [4.78, 5) is 11.7. The zero-order chi connectivity index (χ0) is 25.6. The number of sulfonamides is 1. The molecule has 2 rings (SSSR count). The van der Waals surface area contributed by atoms with Gasteiger partial charge in [0, 0.05) is 22.6 Å². The van der Waals surface area contributed by atoms with Crippen molar-refractivity contribution in [3.05, 3.63) is 52.0 Å². The van der Waals surface area contributed by atoms with E-state index in [-0.39, 0.29) is 24.2 Å². The zero-order valence-electron chi connectivity index (χ0n) is 17.7. The molecular weight excluding hydrogens is 508 g/mol. The first-order valence-electron chi connectivity index (χ1n) is 10.2. The van der Waals surface area contributed by atoms with E-state index < -0.39 is 52.8 Å². The Bertz CT molecular complexity index is 1050. The van der Waals surface area contributed by atoms with Crippen molar-refractivity contribution >= 4 is 27.3 Å². The average molecular weight is 532 g/mol. The molecule has 5 nitrogen and oxygen atoms in total. The van der Waals surface area contributed by atoms with Crippen LogP contribution in [0.2, 0.25) is 0 Å². The summed E-state index contributed by atoms with van der Waals surface area (Å²) in [5.41, 5.74) is 0. The molecule has 0 radical (unpaired) electrons. The number of rotatable bonds is 13. The number of aliphatic carboxylic acids is 1. The number of nitrogens with one attached hydrogen (secondary N) is 1. The summed E-state index contributed by atoms with van der Waals surface area (Å²) < 4.78 is 105. The highest BCUT2D eigenvalue weighted by Crippen LogP contribution is 2.39. The normalized spacial score (nSPS) is 13.7. The number of aryl methyl sites for hydroxylation is 1. The van der Waals surface area contributed by atoms with Crippen molar-refractivity contribution in [3.63, 3.8) is 0 Å². The van der Waals surface area contributed by atoms with Crippen LogP contribution in [0.4, 0.5) is 26.3 Å². The molecule has 190 valence electrons. The van der Waals surface area contributed by atoms with Crippen LogP contribution in [0.1, 0.15) is 54.3 Å². The van der Waals surface area contributed by atoms with E-state index in [4.69, 9.17) is 5.11 Å². The van der Waals surface area contributed by atoms with Crippen LogP contribution in [0.3, 0.4) is 0 Å². The molecule has 0 aliphatic heterocycles. The molecular formula is C21H23F6NO4S2. The molecule has 1 unspecified atom stereocenters. The van der Waals surface area contributed by atoms with Gasteiger partial charge < -0.3 is 5.11 Å². The molecule has 0 bridgehead atoms. The van der Waals surface area contributed by atoms with Crippen LogP contribution in [0.15, 0.2) is 41.3 Å². The number of thiophene rings is 1. The van der Waals surface area contributed by atoms with Gasteiger partial charge in [0.15, 0.2) is 0 Å². The summed E-state index contributed by atoms with van der Waals surface area (Å²) in [6, 6.07) is 6.35. The topological polar surface area (TPSA) is 83.5 Å². The monoisotopic (exact) mass is 531 g/mol. The number of halogens is 6. The van der Waals surface area contributed by atoms with Crippen molar-refractivity contribution in [1.29, 1.82) is 0 Å². The molecule has 0 aliphatic rings. The van der Waals surface area contributed by atoms with Gasteiger partial charge in [-0.3, -0.25) is 4.79 Å². The summed E-state index contributed by atoms with van der Waals surface area (Å²) in [6.07, 6.45) is -7.01. The molecule has 0 saturated carbocycles. The molecule has 0 amide bonds. The van der Waals surface area contributed by atoms with Gasteiger partial charge in [0.2, 0.25) is 10.0 Å². The van der Waals surface area contributed by atoms with Gasteiger partial charge in [-0.15, -0.1) is 11.3 Å². The van der Waals surface area contributed by atoms with Crippen molar-refractivity contribution in [2.45, 2.75) is 68.0 Å². The lowest BCUT2D eigenvalue weighted by Gasteiger charge is -2.21. The first-order chi connectivity index (χ1) is 15.7. The van der Waals surface area contributed by atoms with Crippen molar-refractivity contribution in [2.24, 2.45) is 0 Å². The quantitative estimate of drug-likeness (QED) is 0.243. The average Bonchev–Trinajstić information content (AvgIpc) is 3.18. The second-order valence-corrected chi connectivity index (χ2v) is 10.5. The van der Waals surface area contributed by atoms with Crippen molar-refractivity contribution in [1.82, 2.24) is 4.72 Å². The van der Waals surface area contributed by atoms with Gasteiger partial charge in [-0.1, -0.05) is 6.42 Å². The van der Waals surface area contributed by atoms with Crippen molar-refractivity contribution in [2.75, 3.05) is 0 Å². The fourth-order valence-corrected chi connectivity index (χ4v) is 5.56. The Kier molecular flexibility index (Phi) is 9.54. The van der Waals surface area contributed by atoms with Gasteiger partial charge in [0.25, 0.3) is 0 Å². The molecule has 1 aromatic carbocycles. The lowest BCUT2D eigenvalue weighted by molar-refractivity contribution is -0.284. The largest absolute Gasteiger partial charge is 0.481 e. The SMILES string of the molecule is O=C(O)CCCc1ccc(C(CCCCC(F)(F)C(F)(F)F)NS(=O)(=O)c2ccc(F)cc2)s1. The molecule has 34 heavy (non-hydrogen) atoms. The van der Waals surface area contributed by atoms with E-state index >= 15 is 0 Å². The fourth-order valence-electron chi connectivity index (χ4n) is 3.10. The van der Waals surface area contributed by atoms with Crippen molar-refractivity contribution < 1.29 is 44.7 Å². The summed E-state index contributed by atoms with van der Waals surface area (Å²) in [7, 11) is -4.15. The lowest BCUT2D eigenvalue weighted by atomic mass is 10.0. The van der Waals surface area contributed by atoms with E-state index in [9.17, 15) is 39.6 Å². The molecule has 1 heterocycles. The Morgan fingerprint density at radius 1 is 1.00 bits per heavy atom. The Morgan fingerprint density at radius 3 is 2.24 bits per heavy atom. The Hall–Kier alpha value is -2.12. The minimum absolute atomic E-state index is 0.0521. The predicted octanol–water partition coefficient (Wildman–Crippen LogP) is 6.07. The predicted molar refractivity (Wildman–Crippen MR) is 114 cm³/mol. The summed E-state index contributed by atoms with van der Waals surface area (Å²) in [5, 5.41) is 8.75. The minimum atomic E-state index is -5.66. The number of carboxylic acids is 1. The molecule has 1 aromatic heterocycles. The highest BCUT2D eigenvalue weighted by Gasteiger charge is 2.56. The first kappa shape index (κ1) is 28.1. The summed E-state index contributed by atoms with van der Waals surface area (Å²) >= 11 is 1.19. The molecule has 0 fully saturated rings. The number of hydrogen-bond donors (Lipinski definition) is 2. The maximum absolute atomic E-state index is 13.2. The van der Waals surface area contributed by atoms with Gasteiger partial charge in [0.05, 0.1) is 10.9 Å². The first-order valence-corrected chi connectivity index (χ1v) is 12.5. The molecule has 1 atom stereocenters. The van der Waals surface area contributed by atoms with E-state index in [1.807, 2.05) is 0 Å². The zero-order valence-corrected chi connectivity index (χ0v) is 19.4. The summed E-state index contributed by atoms with van der Waals surface area (Å²) in [6.45, 7) is 0. The Labute approximate surface area is 196 Å². The number of alkyl halides is 5. The molecule has 13 heteroatoms. The second kappa shape index (κ2) is 11.5. The van der Waals surface area contributed by atoms with Gasteiger partial charge in [0.1, 0.15) is 5.82 Å². The van der Waals surface area contributed by atoms with Crippen molar-refractivity contribution in [3.8, 4) is 0 Å². The third-order valence-corrected chi connectivity index (χ3v) is 7.66. The van der Waals surface area contributed by atoms with E-state index in [1.165, 1.54) is 11.3 Å². The maximum Gasteiger partial charge on any atom is 0.453 e. The highest BCUT2D eigenvalue weighted by atomic mass is 32.2. The maximum atomic E-state index is 13.2. The van der Waals surface area contributed by atoms with Crippen LogP contribution >= 0.6 is 11.3 Å². The van der Waals surface area contributed by atoms with Crippen LogP contribution in [0.25, 0.3) is 0 Å². The number of carbonyl (C=O) groups is 1. The van der Waals surface area contributed by atoms with Crippen LogP contribution in [0.5, 0.6) is 0 Å². The van der Waals surface area contributed by atoms with Gasteiger partial charge in [-0.25, -0.2) is 17.5 Å².